The molecule has 2 aromatic rings. The monoisotopic (exact) mass is 387 g/mol. The first-order valence-electron chi connectivity index (χ1n) is 9.49. The normalized spacial score (nSPS) is 23.5. The lowest BCUT2D eigenvalue weighted by Crippen LogP contribution is -2.41. The first-order chi connectivity index (χ1) is 12.7. The average Bonchev–Trinajstić information content (AvgIpc) is 3.10. The zero-order valence-electron chi connectivity index (χ0n) is 14.7. The van der Waals surface area contributed by atoms with Crippen LogP contribution in [-0.2, 0) is 13.0 Å². The van der Waals surface area contributed by atoms with E-state index in [1.54, 1.807) is 0 Å². The number of benzene rings is 2. The Morgan fingerprint density at radius 2 is 2.08 bits per heavy atom. The molecule has 26 heavy (non-hydrogen) atoms. The van der Waals surface area contributed by atoms with Crippen LogP contribution in [0.1, 0.15) is 29.0 Å². The van der Waals surface area contributed by atoms with E-state index >= 15 is 0 Å². The fourth-order valence-corrected chi connectivity index (χ4v) is 5.34. The van der Waals surface area contributed by atoms with Crippen molar-refractivity contribution < 1.29 is 0 Å². The summed E-state index contributed by atoms with van der Waals surface area (Å²) in [6.07, 6.45) is 2.44. The Balaban J connectivity index is 1.46. The third kappa shape index (κ3) is 2.87. The number of aryl methyl sites for hydroxylation is 1. The fraction of sp³-hybridized carbons (Fsp3) is 0.429. The van der Waals surface area contributed by atoms with E-state index in [0.29, 0.717) is 17.5 Å². The summed E-state index contributed by atoms with van der Waals surface area (Å²) in [5, 5.41) is 8.60. The van der Waals surface area contributed by atoms with E-state index in [1.165, 1.54) is 48.4 Å². The molecule has 0 amide bonds. The van der Waals surface area contributed by atoms with Crippen molar-refractivity contribution in [1.29, 1.82) is 0 Å². The van der Waals surface area contributed by atoms with Crippen molar-refractivity contribution in [2.45, 2.75) is 25.3 Å². The third-order valence-corrected chi connectivity index (χ3v) is 6.69. The van der Waals surface area contributed by atoms with E-state index in [0.717, 1.165) is 29.6 Å². The molecule has 5 heteroatoms. The van der Waals surface area contributed by atoms with E-state index in [1.807, 2.05) is 18.2 Å². The molecule has 0 saturated carbocycles. The summed E-state index contributed by atoms with van der Waals surface area (Å²) in [7, 11) is 0. The topological polar surface area (TPSA) is 27.3 Å². The number of fused-ring (bicyclic) bond motifs is 2. The molecule has 2 aromatic carbocycles. The van der Waals surface area contributed by atoms with Crippen molar-refractivity contribution in [3.63, 3.8) is 0 Å². The second kappa shape index (κ2) is 6.63. The Hall–Kier alpha value is -1.42. The van der Waals surface area contributed by atoms with Crippen molar-refractivity contribution >= 4 is 34.6 Å². The van der Waals surface area contributed by atoms with Crippen LogP contribution in [0.15, 0.2) is 30.3 Å². The highest BCUT2D eigenvalue weighted by atomic mass is 35.5. The molecule has 1 saturated heterocycles. The van der Waals surface area contributed by atoms with Crippen LogP contribution in [0.3, 0.4) is 0 Å². The lowest BCUT2D eigenvalue weighted by atomic mass is 9.80. The molecule has 0 bridgehead atoms. The van der Waals surface area contributed by atoms with Gasteiger partial charge in [-0.15, -0.1) is 0 Å². The number of nitrogens with one attached hydrogen (secondary N) is 2. The highest BCUT2D eigenvalue weighted by Crippen LogP contribution is 2.45. The molecule has 3 aliphatic rings. The molecule has 0 aromatic heterocycles. The molecular weight excluding hydrogens is 365 g/mol. The van der Waals surface area contributed by atoms with Crippen LogP contribution in [0, 0.1) is 5.92 Å². The number of anilines is 2. The van der Waals surface area contributed by atoms with E-state index < -0.39 is 0 Å². The summed E-state index contributed by atoms with van der Waals surface area (Å²) in [6, 6.07) is 10.4. The fourth-order valence-electron chi connectivity index (χ4n) is 4.87. The van der Waals surface area contributed by atoms with Gasteiger partial charge in [-0.1, -0.05) is 29.3 Å². The molecule has 0 aliphatic carbocycles. The predicted molar refractivity (Wildman–Crippen MR) is 110 cm³/mol. The highest BCUT2D eigenvalue weighted by molar-refractivity contribution is 6.35. The Kier molecular flexibility index (Phi) is 4.27. The van der Waals surface area contributed by atoms with Gasteiger partial charge in [0.1, 0.15) is 0 Å². The maximum atomic E-state index is 6.33. The minimum atomic E-state index is 0.652. The van der Waals surface area contributed by atoms with Gasteiger partial charge in [0.2, 0.25) is 0 Å². The van der Waals surface area contributed by atoms with Gasteiger partial charge in [-0.25, -0.2) is 0 Å². The van der Waals surface area contributed by atoms with E-state index in [2.05, 4.69) is 27.7 Å². The Labute approximate surface area is 164 Å². The van der Waals surface area contributed by atoms with Crippen LogP contribution in [-0.4, -0.2) is 26.2 Å². The number of rotatable bonds is 3. The largest absolute Gasteiger partial charge is 0.381 e. The summed E-state index contributed by atoms with van der Waals surface area (Å²) >= 11 is 12.3. The summed E-state index contributed by atoms with van der Waals surface area (Å²) in [4.78, 5) is 2.63. The number of hydrogen-bond acceptors (Lipinski definition) is 3. The van der Waals surface area contributed by atoms with E-state index in [9.17, 15) is 0 Å². The van der Waals surface area contributed by atoms with Crippen molar-refractivity contribution in [3.05, 3.63) is 57.1 Å². The summed E-state index contributed by atoms with van der Waals surface area (Å²) in [6.45, 7) is 5.39. The number of hydrogen-bond donors (Lipinski definition) is 2. The zero-order valence-corrected chi connectivity index (χ0v) is 16.2. The molecule has 5 rings (SSSR count). The second-order valence-electron chi connectivity index (χ2n) is 7.74. The molecule has 0 radical (unpaired) electrons. The lowest BCUT2D eigenvalue weighted by Gasteiger charge is -2.42. The van der Waals surface area contributed by atoms with Gasteiger partial charge in [0, 0.05) is 60.1 Å². The molecule has 2 unspecified atom stereocenters. The van der Waals surface area contributed by atoms with Crippen LogP contribution in [0.25, 0.3) is 0 Å². The number of nitrogens with zero attached hydrogens (tertiary/aromatic N) is 1. The molecule has 3 aliphatic heterocycles. The van der Waals surface area contributed by atoms with Gasteiger partial charge >= 0.3 is 0 Å². The quantitative estimate of drug-likeness (QED) is 0.800. The van der Waals surface area contributed by atoms with Gasteiger partial charge < -0.3 is 15.5 Å². The predicted octanol–water partition coefficient (Wildman–Crippen LogP) is 4.67. The Bertz CT molecular complexity index is 851. The second-order valence-corrected chi connectivity index (χ2v) is 8.58. The van der Waals surface area contributed by atoms with Crippen LogP contribution < -0.4 is 15.5 Å². The van der Waals surface area contributed by atoms with Crippen LogP contribution in [0.5, 0.6) is 0 Å². The Morgan fingerprint density at radius 1 is 1.15 bits per heavy atom. The number of halogens is 2. The SMILES string of the molecule is Clc1ccc(CNc2cc3c4c(c2)C2CNCC2CN4CCC3)c(Cl)c1. The van der Waals surface area contributed by atoms with Crippen molar-refractivity contribution in [2.24, 2.45) is 5.92 Å². The maximum absolute atomic E-state index is 6.33. The maximum Gasteiger partial charge on any atom is 0.0470 e. The third-order valence-electron chi connectivity index (χ3n) is 6.10. The van der Waals surface area contributed by atoms with Crippen LogP contribution in [0.4, 0.5) is 11.4 Å². The molecule has 0 spiro atoms. The van der Waals surface area contributed by atoms with Gasteiger partial charge in [0.05, 0.1) is 0 Å². The van der Waals surface area contributed by atoms with Crippen molar-refractivity contribution in [1.82, 2.24) is 5.32 Å². The molecule has 2 N–H and O–H groups in total. The van der Waals surface area contributed by atoms with Crippen molar-refractivity contribution in [2.75, 3.05) is 36.4 Å². The summed E-state index contributed by atoms with van der Waals surface area (Å²) in [5.74, 6) is 1.40. The standard InChI is InChI=1S/C21H23Cl2N3/c22-16-4-3-14(20(23)7-16)10-25-17-6-13-2-1-5-26-12-15-9-24-11-19(15)18(8-17)21(13)26/h3-4,6-8,15,19,24-25H,1-2,5,9-12H2. The van der Waals surface area contributed by atoms with Gasteiger partial charge in [-0.05, 0) is 59.7 Å². The van der Waals surface area contributed by atoms with Gasteiger partial charge in [0.15, 0.2) is 0 Å². The first kappa shape index (κ1) is 16.7. The van der Waals surface area contributed by atoms with Crippen molar-refractivity contribution in [3.8, 4) is 0 Å². The van der Waals surface area contributed by atoms with Crippen LogP contribution in [0.2, 0.25) is 10.0 Å². The molecule has 3 heterocycles. The average molecular weight is 388 g/mol. The Morgan fingerprint density at radius 3 is 2.96 bits per heavy atom. The smallest absolute Gasteiger partial charge is 0.0470 e. The van der Waals surface area contributed by atoms with E-state index in [4.69, 9.17) is 23.2 Å². The lowest BCUT2D eigenvalue weighted by molar-refractivity contribution is 0.470. The summed E-state index contributed by atoms with van der Waals surface area (Å²) < 4.78 is 0. The van der Waals surface area contributed by atoms with Gasteiger partial charge in [-0.2, -0.15) is 0 Å². The van der Waals surface area contributed by atoms with E-state index in [-0.39, 0.29) is 0 Å². The molecule has 2 atom stereocenters. The summed E-state index contributed by atoms with van der Waals surface area (Å²) in [5.41, 5.74) is 6.84. The molecular formula is C21H23Cl2N3. The van der Waals surface area contributed by atoms with Gasteiger partial charge in [0.25, 0.3) is 0 Å². The first-order valence-corrected chi connectivity index (χ1v) is 10.2. The molecule has 1 fully saturated rings. The van der Waals surface area contributed by atoms with Crippen LogP contribution >= 0.6 is 23.2 Å². The highest BCUT2D eigenvalue weighted by Gasteiger charge is 2.38. The van der Waals surface area contributed by atoms with Gasteiger partial charge in [-0.3, -0.25) is 0 Å². The zero-order chi connectivity index (χ0) is 17.7. The minimum absolute atomic E-state index is 0.652. The molecule has 3 nitrogen and oxygen atoms in total. The minimum Gasteiger partial charge on any atom is -0.381 e. The molecule has 136 valence electrons.